The number of rotatable bonds is 2. The zero-order valence-corrected chi connectivity index (χ0v) is 24.1. The Kier molecular flexibility index (Phi) is 5.29. The summed E-state index contributed by atoms with van der Waals surface area (Å²) < 4.78 is 14.1. The lowest BCUT2D eigenvalue weighted by molar-refractivity contribution is -0.0118. The molecule has 41 heavy (non-hydrogen) atoms. The second-order valence-electron chi connectivity index (χ2n) is 11.4. The molecule has 0 saturated carbocycles. The highest BCUT2D eigenvalue weighted by atomic mass is 79.9. The number of nitrogens with zero attached hydrogens (tertiary/aromatic N) is 2. The third-order valence-electron chi connectivity index (χ3n) is 8.59. The fourth-order valence-corrected chi connectivity index (χ4v) is 6.93. The van der Waals surface area contributed by atoms with Crippen molar-refractivity contribution < 1.29 is 14.3 Å². The van der Waals surface area contributed by atoms with Crippen LogP contribution in [0.15, 0.2) is 95.5 Å². The van der Waals surface area contributed by atoms with Crippen LogP contribution in [0.5, 0.6) is 11.5 Å². The van der Waals surface area contributed by atoms with Crippen LogP contribution >= 0.6 is 15.9 Å². The first-order valence-corrected chi connectivity index (χ1v) is 14.6. The summed E-state index contributed by atoms with van der Waals surface area (Å²) in [6, 6.07) is 29.4. The largest absolute Gasteiger partial charge is 0.493 e. The van der Waals surface area contributed by atoms with Crippen LogP contribution < -0.4 is 9.47 Å². The molecule has 0 bridgehead atoms. The maximum absolute atomic E-state index is 13.2. The molecule has 0 radical (unpaired) electrons. The zero-order chi connectivity index (χ0) is 27.9. The van der Waals surface area contributed by atoms with Crippen molar-refractivity contribution in [3.05, 3.63) is 118 Å². The van der Waals surface area contributed by atoms with Gasteiger partial charge in [0.1, 0.15) is 17.1 Å². The fraction of sp³-hybridized carbons (Fsp3) is 0.171. The van der Waals surface area contributed by atoms with Crippen LogP contribution in [0.1, 0.15) is 46.8 Å². The lowest BCUT2D eigenvalue weighted by Gasteiger charge is -2.48. The number of hydrogen-bond acceptors (Lipinski definition) is 5. The van der Waals surface area contributed by atoms with Gasteiger partial charge in [-0.25, -0.2) is 9.97 Å². The van der Waals surface area contributed by atoms with Crippen LogP contribution in [-0.4, -0.2) is 28.0 Å². The van der Waals surface area contributed by atoms with Gasteiger partial charge < -0.3 is 9.47 Å². The van der Waals surface area contributed by atoms with Gasteiger partial charge >= 0.3 is 0 Å². The Morgan fingerprint density at radius 3 is 2.41 bits per heavy atom. The van der Waals surface area contributed by atoms with Gasteiger partial charge in [0, 0.05) is 49.3 Å². The number of carbonyl (C=O) groups excluding carboxylic acids is 1. The summed E-state index contributed by atoms with van der Waals surface area (Å²) in [5.41, 5.74) is 6.00. The first kappa shape index (κ1) is 24.5. The molecule has 2 aliphatic rings. The number of benzene rings is 5. The molecule has 2 aliphatic heterocycles. The van der Waals surface area contributed by atoms with Gasteiger partial charge in [0.2, 0.25) is 0 Å². The molecular formula is C35H25BrN2O3. The standard InChI is InChI=1S/C35H25BrN2O3/c1-35(2)25-18-40-28-15-13-21(36)17-24(28)29(25)30-32-31(22-10-6-7-11-23(22)34(30)41-35)38-27-16-20(12-14-26(27)37-32)33(39)19-8-4-3-5-9-19/h3-17,25,29H,18H2,1-2H3/t25-,29+/m0/s1. The summed E-state index contributed by atoms with van der Waals surface area (Å²) in [4.78, 5) is 23.7. The molecule has 1 aromatic heterocycles. The summed E-state index contributed by atoms with van der Waals surface area (Å²) in [7, 11) is 0. The number of ether oxygens (including phenoxy) is 2. The van der Waals surface area contributed by atoms with Crippen molar-refractivity contribution >= 4 is 54.6 Å². The van der Waals surface area contributed by atoms with Crippen LogP contribution in [0.2, 0.25) is 0 Å². The molecule has 2 atom stereocenters. The van der Waals surface area contributed by atoms with E-state index in [0.717, 1.165) is 54.4 Å². The Morgan fingerprint density at radius 1 is 0.829 bits per heavy atom. The minimum Gasteiger partial charge on any atom is -0.493 e. The van der Waals surface area contributed by atoms with E-state index in [1.807, 2.05) is 72.8 Å². The van der Waals surface area contributed by atoms with Crippen LogP contribution in [0.25, 0.3) is 32.8 Å². The molecule has 8 rings (SSSR count). The molecule has 200 valence electrons. The van der Waals surface area contributed by atoms with E-state index in [-0.39, 0.29) is 17.6 Å². The third-order valence-corrected chi connectivity index (χ3v) is 9.08. The van der Waals surface area contributed by atoms with Gasteiger partial charge in [0.15, 0.2) is 5.78 Å². The van der Waals surface area contributed by atoms with E-state index in [4.69, 9.17) is 19.4 Å². The van der Waals surface area contributed by atoms with Gasteiger partial charge in [0.05, 0.1) is 28.7 Å². The third kappa shape index (κ3) is 3.70. The van der Waals surface area contributed by atoms with Crippen molar-refractivity contribution in [1.29, 1.82) is 0 Å². The molecule has 0 saturated heterocycles. The zero-order valence-electron chi connectivity index (χ0n) is 22.5. The quantitative estimate of drug-likeness (QED) is 0.114. The lowest BCUT2D eigenvalue weighted by Crippen LogP contribution is -2.49. The maximum Gasteiger partial charge on any atom is 0.193 e. The highest BCUT2D eigenvalue weighted by Gasteiger charge is 2.49. The van der Waals surface area contributed by atoms with Crippen molar-refractivity contribution in [3.8, 4) is 11.5 Å². The Labute approximate surface area is 245 Å². The van der Waals surface area contributed by atoms with E-state index in [9.17, 15) is 4.79 Å². The van der Waals surface area contributed by atoms with E-state index in [0.29, 0.717) is 23.3 Å². The Hall–Kier alpha value is -4.29. The van der Waals surface area contributed by atoms with Gasteiger partial charge in [-0.05, 0) is 50.2 Å². The smallest absolute Gasteiger partial charge is 0.193 e. The number of aromatic nitrogens is 2. The van der Waals surface area contributed by atoms with E-state index < -0.39 is 5.60 Å². The van der Waals surface area contributed by atoms with E-state index in [2.05, 4.69) is 48.0 Å². The molecule has 5 aromatic carbocycles. The van der Waals surface area contributed by atoms with Crippen molar-refractivity contribution in [2.75, 3.05) is 6.61 Å². The number of carbonyl (C=O) groups is 1. The summed E-state index contributed by atoms with van der Waals surface area (Å²) in [5, 5.41) is 1.99. The highest BCUT2D eigenvalue weighted by molar-refractivity contribution is 9.10. The molecule has 5 nitrogen and oxygen atoms in total. The lowest BCUT2D eigenvalue weighted by atomic mass is 9.69. The van der Waals surface area contributed by atoms with Gasteiger partial charge in [-0.2, -0.15) is 0 Å². The molecule has 6 heteroatoms. The highest BCUT2D eigenvalue weighted by Crippen LogP contribution is 2.56. The van der Waals surface area contributed by atoms with Crippen molar-refractivity contribution in [2.24, 2.45) is 5.92 Å². The SMILES string of the molecule is CC1(C)Oc2c(c3nc4ccc(C(=O)c5ccccc5)cc4nc3c3ccccc23)[C@@H]2c3cc(Br)ccc3OC[C@@H]21. The summed E-state index contributed by atoms with van der Waals surface area (Å²) in [5.74, 6) is 1.79. The minimum atomic E-state index is -0.467. The van der Waals surface area contributed by atoms with Gasteiger partial charge in [-0.3, -0.25) is 4.79 Å². The second kappa shape index (κ2) is 8.85. The monoisotopic (exact) mass is 600 g/mol. The average molecular weight is 602 g/mol. The van der Waals surface area contributed by atoms with E-state index >= 15 is 0 Å². The first-order chi connectivity index (χ1) is 19.9. The number of ketones is 1. The minimum absolute atomic E-state index is 0.00721. The molecule has 3 heterocycles. The van der Waals surface area contributed by atoms with Crippen LogP contribution in [0.4, 0.5) is 0 Å². The Balaban J connectivity index is 1.43. The van der Waals surface area contributed by atoms with Crippen LogP contribution in [-0.2, 0) is 0 Å². The molecule has 0 fully saturated rings. The van der Waals surface area contributed by atoms with E-state index in [1.165, 1.54) is 0 Å². The fourth-order valence-electron chi connectivity index (χ4n) is 6.55. The summed E-state index contributed by atoms with van der Waals surface area (Å²) in [6.07, 6.45) is 0. The summed E-state index contributed by atoms with van der Waals surface area (Å²) in [6.45, 7) is 4.85. The predicted molar refractivity (Wildman–Crippen MR) is 164 cm³/mol. The normalized spacial score (nSPS) is 18.7. The first-order valence-electron chi connectivity index (χ1n) is 13.8. The van der Waals surface area contributed by atoms with Crippen molar-refractivity contribution in [3.63, 3.8) is 0 Å². The van der Waals surface area contributed by atoms with Crippen molar-refractivity contribution in [1.82, 2.24) is 9.97 Å². The molecule has 0 N–H and O–H groups in total. The molecule has 0 aliphatic carbocycles. The van der Waals surface area contributed by atoms with Crippen LogP contribution in [0, 0.1) is 5.92 Å². The molecule has 0 unspecified atom stereocenters. The van der Waals surface area contributed by atoms with Gasteiger partial charge in [-0.15, -0.1) is 0 Å². The summed E-state index contributed by atoms with van der Waals surface area (Å²) >= 11 is 3.69. The number of fused-ring (bicyclic) bond motifs is 11. The number of halogens is 1. The molecular weight excluding hydrogens is 576 g/mol. The predicted octanol–water partition coefficient (Wildman–Crippen LogP) is 8.24. The molecule has 6 aromatic rings. The van der Waals surface area contributed by atoms with Crippen molar-refractivity contribution in [2.45, 2.75) is 25.4 Å². The van der Waals surface area contributed by atoms with Gasteiger partial charge in [-0.1, -0.05) is 70.5 Å². The van der Waals surface area contributed by atoms with E-state index in [1.54, 1.807) is 0 Å². The molecule has 0 amide bonds. The van der Waals surface area contributed by atoms with Crippen LogP contribution in [0.3, 0.4) is 0 Å². The Morgan fingerprint density at radius 2 is 1.59 bits per heavy atom. The second-order valence-corrected chi connectivity index (χ2v) is 12.3. The maximum atomic E-state index is 13.2. The topological polar surface area (TPSA) is 61.3 Å². The number of hydrogen-bond donors (Lipinski definition) is 0. The Bertz CT molecular complexity index is 2050. The van der Waals surface area contributed by atoms with Gasteiger partial charge in [0.25, 0.3) is 0 Å². The molecule has 0 spiro atoms. The average Bonchev–Trinajstić information content (AvgIpc) is 2.99.